The second-order valence-electron chi connectivity index (χ2n) is 5.21. The number of fused-ring (bicyclic) bond motifs is 1. The molecule has 0 aliphatic carbocycles. The summed E-state index contributed by atoms with van der Waals surface area (Å²) in [5.41, 5.74) is -0.486. The lowest BCUT2D eigenvalue weighted by molar-refractivity contribution is 0.0433. The van der Waals surface area contributed by atoms with Crippen LogP contribution in [0.15, 0.2) is 27.4 Å². The SMILES string of the molecule is CCC(C)(OP(=O)(O)O)c1ccc2c(C)c(Cl)c(=O)oc2c1. The van der Waals surface area contributed by atoms with Crippen molar-refractivity contribution in [1.29, 1.82) is 0 Å². The highest BCUT2D eigenvalue weighted by atomic mass is 35.5. The van der Waals surface area contributed by atoms with Crippen molar-refractivity contribution in [2.24, 2.45) is 0 Å². The fourth-order valence-electron chi connectivity index (χ4n) is 2.25. The molecule has 0 bridgehead atoms. The molecular formula is C14H16ClO6P. The fraction of sp³-hybridized carbons (Fsp3) is 0.357. The molecule has 2 rings (SSSR count). The van der Waals surface area contributed by atoms with Crippen LogP contribution in [0.2, 0.25) is 5.02 Å². The number of hydrogen-bond acceptors (Lipinski definition) is 4. The van der Waals surface area contributed by atoms with Gasteiger partial charge in [-0.05, 0) is 37.5 Å². The van der Waals surface area contributed by atoms with Crippen molar-refractivity contribution >= 4 is 30.4 Å². The van der Waals surface area contributed by atoms with E-state index in [-0.39, 0.29) is 5.02 Å². The predicted octanol–water partition coefficient (Wildman–Crippen LogP) is 3.49. The maximum atomic E-state index is 11.7. The summed E-state index contributed by atoms with van der Waals surface area (Å²) in [6, 6.07) is 4.90. The standard InChI is InChI=1S/C14H16ClO6P/c1-4-14(3,21-22(17,18)19)9-5-6-10-8(2)12(15)13(16)20-11(10)7-9/h5-7H,4H2,1-3H3,(H2,17,18,19). The molecule has 0 spiro atoms. The topological polar surface area (TPSA) is 97.0 Å². The van der Waals surface area contributed by atoms with Crippen molar-refractivity contribution < 1.29 is 23.3 Å². The summed E-state index contributed by atoms with van der Waals surface area (Å²) < 4.78 is 21.2. The van der Waals surface area contributed by atoms with Gasteiger partial charge >= 0.3 is 13.4 Å². The molecule has 0 aliphatic rings. The zero-order valence-corrected chi connectivity index (χ0v) is 13.9. The molecule has 1 unspecified atom stereocenters. The van der Waals surface area contributed by atoms with Crippen molar-refractivity contribution in [3.63, 3.8) is 0 Å². The van der Waals surface area contributed by atoms with Gasteiger partial charge in [0.2, 0.25) is 0 Å². The average Bonchev–Trinajstić information content (AvgIpc) is 2.42. The maximum Gasteiger partial charge on any atom is 0.470 e. The molecule has 6 nitrogen and oxygen atoms in total. The van der Waals surface area contributed by atoms with Crippen LogP contribution in [-0.2, 0) is 14.7 Å². The Bertz CT molecular complexity index is 824. The van der Waals surface area contributed by atoms with Gasteiger partial charge in [0.05, 0.1) is 0 Å². The van der Waals surface area contributed by atoms with E-state index in [2.05, 4.69) is 0 Å². The third-order valence-electron chi connectivity index (χ3n) is 3.70. The zero-order valence-electron chi connectivity index (χ0n) is 12.3. The minimum atomic E-state index is -4.67. The Morgan fingerprint density at radius 1 is 1.41 bits per heavy atom. The molecule has 1 atom stereocenters. The Balaban J connectivity index is 2.64. The zero-order chi connectivity index (χ0) is 16.7. The molecule has 1 heterocycles. The van der Waals surface area contributed by atoms with Gasteiger partial charge in [0.15, 0.2) is 0 Å². The number of hydrogen-bond donors (Lipinski definition) is 2. The second-order valence-corrected chi connectivity index (χ2v) is 6.75. The van der Waals surface area contributed by atoms with E-state index in [4.69, 9.17) is 30.3 Å². The van der Waals surface area contributed by atoms with Crippen LogP contribution in [0.5, 0.6) is 0 Å². The minimum absolute atomic E-state index is 0.0185. The molecular weight excluding hydrogens is 331 g/mol. The number of benzene rings is 1. The first kappa shape index (κ1) is 17.2. The molecule has 2 N–H and O–H groups in total. The summed E-state index contributed by atoms with van der Waals surface area (Å²) in [7, 11) is -4.67. The predicted molar refractivity (Wildman–Crippen MR) is 83.0 cm³/mol. The fourth-order valence-corrected chi connectivity index (χ4v) is 3.15. The normalized spacial score (nSPS) is 15.0. The van der Waals surface area contributed by atoms with Gasteiger partial charge in [-0.2, -0.15) is 0 Å². The molecule has 1 aromatic heterocycles. The quantitative estimate of drug-likeness (QED) is 0.649. The molecule has 8 heteroatoms. The van der Waals surface area contributed by atoms with E-state index in [0.717, 1.165) is 0 Å². The molecule has 0 fully saturated rings. The molecule has 0 saturated heterocycles. The summed E-state index contributed by atoms with van der Waals surface area (Å²) in [5, 5.41) is 0.674. The van der Waals surface area contributed by atoms with Gasteiger partial charge in [-0.3, -0.25) is 4.52 Å². The van der Waals surface area contributed by atoms with Crippen LogP contribution in [0.25, 0.3) is 11.0 Å². The minimum Gasteiger partial charge on any atom is -0.422 e. The largest absolute Gasteiger partial charge is 0.470 e. The van der Waals surface area contributed by atoms with Gasteiger partial charge in [-0.25, -0.2) is 9.36 Å². The van der Waals surface area contributed by atoms with Crippen LogP contribution in [0.4, 0.5) is 0 Å². The molecule has 22 heavy (non-hydrogen) atoms. The second kappa shape index (κ2) is 5.80. The summed E-state index contributed by atoms with van der Waals surface area (Å²) in [4.78, 5) is 29.8. The van der Waals surface area contributed by atoms with E-state index < -0.39 is 19.0 Å². The molecule has 120 valence electrons. The van der Waals surface area contributed by atoms with Gasteiger partial charge in [0, 0.05) is 5.39 Å². The maximum absolute atomic E-state index is 11.7. The van der Waals surface area contributed by atoms with Crippen LogP contribution in [0.1, 0.15) is 31.4 Å². The molecule has 0 aliphatic heterocycles. The Hall–Kier alpha value is -1.17. The van der Waals surface area contributed by atoms with Crippen molar-refractivity contribution in [3.05, 3.63) is 44.8 Å². The van der Waals surface area contributed by atoms with Crippen LogP contribution in [0, 0.1) is 6.92 Å². The highest BCUT2D eigenvalue weighted by Gasteiger charge is 2.34. The van der Waals surface area contributed by atoms with E-state index in [1.54, 1.807) is 39.0 Å². The Kier molecular flexibility index (Phi) is 4.53. The van der Waals surface area contributed by atoms with Gasteiger partial charge in [0.1, 0.15) is 16.2 Å². The third kappa shape index (κ3) is 3.26. The average molecular weight is 347 g/mol. The monoisotopic (exact) mass is 346 g/mol. The lowest BCUT2D eigenvalue weighted by Crippen LogP contribution is -2.23. The van der Waals surface area contributed by atoms with Gasteiger partial charge < -0.3 is 14.2 Å². The van der Waals surface area contributed by atoms with Gasteiger partial charge in [0.25, 0.3) is 0 Å². The number of aryl methyl sites for hydroxylation is 1. The summed E-state index contributed by atoms with van der Waals surface area (Å²) in [5.74, 6) is 0. The highest BCUT2D eigenvalue weighted by molar-refractivity contribution is 7.46. The third-order valence-corrected chi connectivity index (χ3v) is 4.78. The first-order valence-corrected chi connectivity index (χ1v) is 8.48. The number of halogens is 1. The van der Waals surface area contributed by atoms with Gasteiger partial charge in [-0.15, -0.1) is 0 Å². The molecule has 0 radical (unpaired) electrons. The molecule has 0 amide bonds. The lowest BCUT2D eigenvalue weighted by atomic mass is 9.92. The molecule has 1 aromatic carbocycles. The van der Waals surface area contributed by atoms with E-state index in [0.29, 0.717) is 28.5 Å². The molecule has 0 saturated carbocycles. The first-order valence-electron chi connectivity index (χ1n) is 6.57. The summed E-state index contributed by atoms with van der Waals surface area (Å²) >= 11 is 5.87. The first-order chi connectivity index (χ1) is 10.1. The Morgan fingerprint density at radius 2 is 2.05 bits per heavy atom. The van der Waals surface area contributed by atoms with Crippen LogP contribution >= 0.6 is 19.4 Å². The van der Waals surface area contributed by atoms with Gasteiger partial charge in [-0.1, -0.05) is 30.7 Å². The van der Waals surface area contributed by atoms with Crippen molar-refractivity contribution in [2.75, 3.05) is 0 Å². The summed E-state index contributed by atoms with van der Waals surface area (Å²) in [6.45, 7) is 5.00. The van der Waals surface area contributed by atoms with Crippen molar-refractivity contribution in [2.45, 2.75) is 32.8 Å². The van der Waals surface area contributed by atoms with Crippen LogP contribution < -0.4 is 5.63 Å². The van der Waals surface area contributed by atoms with E-state index in [9.17, 15) is 9.36 Å². The van der Waals surface area contributed by atoms with Crippen molar-refractivity contribution in [1.82, 2.24) is 0 Å². The van der Waals surface area contributed by atoms with E-state index in [1.165, 1.54) is 0 Å². The number of phosphoric acid groups is 1. The lowest BCUT2D eigenvalue weighted by Gasteiger charge is -2.29. The Morgan fingerprint density at radius 3 is 2.59 bits per heavy atom. The van der Waals surface area contributed by atoms with Crippen molar-refractivity contribution in [3.8, 4) is 0 Å². The molecule has 2 aromatic rings. The number of phosphoric ester groups is 1. The van der Waals surface area contributed by atoms with E-state index in [1.807, 2.05) is 0 Å². The number of rotatable bonds is 4. The summed E-state index contributed by atoms with van der Waals surface area (Å²) in [6.07, 6.45) is 0.320. The van der Waals surface area contributed by atoms with Crippen LogP contribution in [-0.4, -0.2) is 9.79 Å². The van der Waals surface area contributed by atoms with Crippen LogP contribution in [0.3, 0.4) is 0 Å². The smallest absolute Gasteiger partial charge is 0.422 e. The highest BCUT2D eigenvalue weighted by Crippen LogP contribution is 2.47. The van der Waals surface area contributed by atoms with E-state index >= 15 is 0 Å². The Labute approximate surface area is 131 Å².